The molecular weight excluding hydrogens is 640 g/mol. The zero-order valence-electron chi connectivity index (χ0n) is 27.7. The van der Waals surface area contributed by atoms with E-state index in [1.807, 2.05) is 18.2 Å². The quantitative estimate of drug-likeness (QED) is 0.102. The zero-order chi connectivity index (χ0) is 34.6. The molecule has 0 saturated carbocycles. The molecule has 1 fully saturated rings. The van der Waals surface area contributed by atoms with Crippen LogP contribution in [0, 0.1) is 10.1 Å². The number of thioether (sulfide) groups is 1. The van der Waals surface area contributed by atoms with Crippen molar-refractivity contribution in [3.63, 3.8) is 0 Å². The number of ether oxygens (including phenoxy) is 4. The molecule has 260 valence electrons. The Kier molecular flexibility index (Phi) is 14.0. The van der Waals surface area contributed by atoms with Crippen LogP contribution in [-0.2, 0) is 35.1 Å². The topological polar surface area (TPSA) is 162 Å². The summed E-state index contributed by atoms with van der Waals surface area (Å²) in [5.74, 6) is -1.10. The summed E-state index contributed by atoms with van der Waals surface area (Å²) in [6.07, 6.45) is -1.67. The van der Waals surface area contributed by atoms with E-state index in [2.05, 4.69) is 27.7 Å². The number of allylic oxidation sites excluding steroid dienone is 1. The minimum atomic E-state index is -1.04. The highest BCUT2D eigenvalue weighted by molar-refractivity contribution is 7.99. The van der Waals surface area contributed by atoms with E-state index < -0.39 is 35.3 Å². The molecule has 14 heteroatoms. The average molecular weight is 685 g/mol. The van der Waals surface area contributed by atoms with Crippen molar-refractivity contribution in [3.8, 4) is 0 Å². The molecule has 4 atom stereocenters. The fraction of sp³-hybridized carbons (Fsp3) is 0.471. The molecule has 0 spiro atoms. The van der Waals surface area contributed by atoms with Gasteiger partial charge in [0.15, 0.2) is 12.5 Å². The van der Waals surface area contributed by atoms with Gasteiger partial charge in [-0.1, -0.05) is 42.5 Å². The van der Waals surface area contributed by atoms with Crippen molar-refractivity contribution in [3.05, 3.63) is 98.4 Å². The number of nitrogens with one attached hydrogen (secondary N) is 2. The largest absolute Gasteiger partial charge is 0.463 e. The summed E-state index contributed by atoms with van der Waals surface area (Å²) >= 11 is 1.60. The van der Waals surface area contributed by atoms with Gasteiger partial charge in [-0.05, 0) is 31.9 Å². The Hall–Kier alpha value is -3.79. The number of morpholine rings is 1. The number of esters is 2. The lowest BCUT2D eigenvalue weighted by Gasteiger charge is -2.36. The number of dihydropyridines is 1. The smallest absolute Gasteiger partial charge is 0.336 e. The second kappa shape index (κ2) is 18.1. The van der Waals surface area contributed by atoms with Crippen molar-refractivity contribution in [1.29, 1.82) is 0 Å². The van der Waals surface area contributed by atoms with Gasteiger partial charge in [0.2, 0.25) is 0 Å². The van der Waals surface area contributed by atoms with Gasteiger partial charge in [0.05, 0.1) is 41.8 Å². The molecule has 0 aliphatic carbocycles. The first-order chi connectivity index (χ1) is 23.2. The summed E-state index contributed by atoms with van der Waals surface area (Å²) in [5.41, 5.74) is 2.88. The van der Waals surface area contributed by atoms with Crippen LogP contribution in [0.5, 0.6) is 0 Å². The van der Waals surface area contributed by atoms with E-state index in [0.29, 0.717) is 54.7 Å². The van der Waals surface area contributed by atoms with Gasteiger partial charge in [-0.2, -0.15) is 11.8 Å². The number of aliphatic hydroxyl groups excluding tert-OH is 1. The van der Waals surface area contributed by atoms with Crippen LogP contribution in [0.3, 0.4) is 0 Å². The van der Waals surface area contributed by atoms with Gasteiger partial charge in [-0.15, -0.1) is 0 Å². The molecule has 0 radical (unpaired) electrons. The molecule has 0 aromatic heterocycles. The van der Waals surface area contributed by atoms with Gasteiger partial charge in [0.25, 0.3) is 5.69 Å². The Morgan fingerprint density at radius 3 is 2.46 bits per heavy atom. The van der Waals surface area contributed by atoms with E-state index in [9.17, 15) is 24.8 Å². The SMILES string of the molecule is CCOC(=O)C1=C(C)NC(CSCCN(Cc2ccccc2)CC2COC(O)C(OC)N2)=C(C(=O)OCC)C1c1cccc([N+](=O)[O-])c1. The third-order valence-electron chi connectivity index (χ3n) is 7.96. The van der Waals surface area contributed by atoms with Crippen LogP contribution < -0.4 is 10.6 Å². The molecule has 2 aliphatic rings. The molecular formula is C34H44N4O9S. The Labute approximate surface area is 284 Å². The number of rotatable bonds is 16. The van der Waals surface area contributed by atoms with Crippen LogP contribution in [0.15, 0.2) is 77.1 Å². The maximum absolute atomic E-state index is 13.6. The predicted octanol–water partition coefficient (Wildman–Crippen LogP) is 3.45. The highest BCUT2D eigenvalue weighted by Gasteiger charge is 2.39. The van der Waals surface area contributed by atoms with Crippen molar-refractivity contribution in [2.45, 2.75) is 51.8 Å². The second-order valence-corrected chi connectivity index (χ2v) is 12.4. The average Bonchev–Trinajstić information content (AvgIpc) is 3.07. The highest BCUT2D eigenvalue weighted by Crippen LogP contribution is 2.41. The van der Waals surface area contributed by atoms with E-state index in [1.165, 1.54) is 25.3 Å². The van der Waals surface area contributed by atoms with Crippen molar-refractivity contribution in [2.75, 3.05) is 51.5 Å². The summed E-state index contributed by atoms with van der Waals surface area (Å²) in [4.78, 5) is 40.3. The van der Waals surface area contributed by atoms with Gasteiger partial charge in [-0.3, -0.25) is 20.3 Å². The number of nitro benzene ring substituents is 1. The van der Waals surface area contributed by atoms with Crippen molar-refractivity contribution >= 4 is 29.4 Å². The molecule has 2 aliphatic heterocycles. The number of nitrogens with zero attached hydrogens (tertiary/aromatic N) is 2. The van der Waals surface area contributed by atoms with Gasteiger partial charge in [0.1, 0.15) is 0 Å². The molecule has 3 N–H and O–H groups in total. The van der Waals surface area contributed by atoms with Gasteiger partial charge >= 0.3 is 11.9 Å². The Balaban J connectivity index is 1.58. The molecule has 2 heterocycles. The van der Waals surface area contributed by atoms with Crippen LogP contribution in [0.25, 0.3) is 0 Å². The molecule has 4 unspecified atom stereocenters. The number of methoxy groups -OCH3 is 1. The summed E-state index contributed by atoms with van der Waals surface area (Å²) in [5, 5.41) is 28.3. The first-order valence-corrected chi connectivity index (χ1v) is 17.0. The molecule has 0 amide bonds. The first kappa shape index (κ1) is 37.0. The van der Waals surface area contributed by atoms with Crippen LogP contribution >= 0.6 is 11.8 Å². The van der Waals surface area contributed by atoms with Crippen molar-refractivity contribution < 1.29 is 38.6 Å². The monoisotopic (exact) mass is 684 g/mol. The minimum Gasteiger partial charge on any atom is -0.463 e. The molecule has 48 heavy (non-hydrogen) atoms. The van der Waals surface area contributed by atoms with Gasteiger partial charge in [-0.25, -0.2) is 9.59 Å². The number of non-ortho nitro benzene ring substituents is 1. The normalized spacial score (nSPS) is 21.2. The van der Waals surface area contributed by atoms with Crippen molar-refractivity contribution in [1.82, 2.24) is 15.5 Å². The summed E-state index contributed by atoms with van der Waals surface area (Å²) < 4.78 is 21.7. The fourth-order valence-corrected chi connectivity index (χ4v) is 6.77. The highest BCUT2D eigenvalue weighted by atomic mass is 32.2. The Bertz CT molecular complexity index is 1490. The number of benzene rings is 2. The zero-order valence-corrected chi connectivity index (χ0v) is 28.5. The Morgan fingerprint density at radius 2 is 1.79 bits per heavy atom. The fourth-order valence-electron chi connectivity index (χ4n) is 5.80. The lowest BCUT2D eigenvalue weighted by atomic mass is 9.80. The lowest BCUT2D eigenvalue weighted by molar-refractivity contribution is -0.384. The predicted molar refractivity (Wildman–Crippen MR) is 181 cm³/mol. The van der Waals surface area contributed by atoms with Crippen molar-refractivity contribution in [2.24, 2.45) is 0 Å². The number of hydrogen-bond acceptors (Lipinski definition) is 13. The number of nitro groups is 1. The number of hydrogen-bond donors (Lipinski definition) is 3. The number of carbonyl (C=O) groups is 2. The van der Waals surface area contributed by atoms with Crippen LogP contribution in [0.1, 0.15) is 37.8 Å². The third-order valence-corrected chi connectivity index (χ3v) is 8.92. The van der Waals surface area contributed by atoms with E-state index in [0.717, 1.165) is 5.56 Å². The number of aliphatic hydroxyl groups is 1. The summed E-state index contributed by atoms with van der Waals surface area (Å²) in [7, 11) is 1.51. The maximum atomic E-state index is 13.6. The standard InChI is InChI=1S/C34H44N4O9S/c1-5-45-32(39)28-22(3)35-27(30(33(40)46-6-2)29(28)24-13-10-14-26(17-24)38(42)43)21-48-16-15-37(18-23-11-8-7-9-12-23)19-25-20-47-34(41)31(36-25)44-4/h7-14,17,25,29,31,34-36,41H,5-6,15-16,18-21H2,1-4H3. The van der Waals surface area contributed by atoms with Crippen LogP contribution in [-0.4, -0.2) is 97.0 Å². The molecule has 13 nitrogen and oxygen atoms in total. The third kappa shape index (κ3) is 9.65. The van der Waals surface area contributed by atoms with Crippen LogP contribution in [0.2, 0.25) is 0 Å². The summed E-state index contributed by atoms with van der Waals surface area (Å²) in [6, 6.07) is 16.0. The molecule has 2 aromatic carbocycles. The van der Waals surface area contributed by atoms with E-state index in [4.69, 9.17) is 18.9 Å². The van der Waals surface area contributed by atoms with Crippen LogP contribution in [0.4, 0.5) is 5.69 Å². The molecule has 2 aromatic rings. The summed E-state index contributed by atoms with van der Waals surface area (Å²) in [6.45, 7) is 7.68. The maximum Gasteiger partial charge on any atom is 0.336 e. The number of carbonyl (C=O) groups excluding carboxylic acids is 2. The second-order valence-electron chi connectivity index (χ2n) is 11.3. The minimum absolute atomic E-state index is 0.0741. The first-order valence-electron chi connectivity index (χ1n) is 15.9. The van der Waals surface area contributed by atoms with E-state index in [1.54, 1.807) is 38.6 Å². The van der Waals surface area contributed by atoms with E-state index in [-0.39, 0.29) is 36.1 Å². The van der Waals surface area contributed by atoms with Gasteiger partial charge in [0, 0.05) is 67.8 Å². The molecule has 0 bridgehead atoms. The van der Waals surface area contributed by atoms with Gasteiger partial charge < -0.3 is 29.4 Å². The van der Waals surface area contributed by atoms with E-state index >= 15 is 0 Å². The Morgan fingerprint density at radius 1 is 1.08 bits per heavy atom. The lowest BCUT2D eigenvalue weighted by Crippen LogP contribution is -2.58. The molecule has 4 rings (SSSR count). The molecule has 1 saturated heterocycles.